The van der Waals surface area contributed by atoms with E-state index in [2.05, 4.69) is 0 Å². The van der Waals surface area contributed by atoms with Gasteiger partial charge in [0.25, 0.3) is 0 Å². The smallest absolute Gasteiger partial charge is 0.214 e. The summed E-state index contributed by atoms with van der Waals surface area (Å²) in [6, 6.07) is 1.69. The van der Waals surface area contributed by atoms with E-state index >= 15 is 0 Å². The summed E-state index contributed by atoms with van der Waals surface area (Å²) in [6.45, 7) is 2.02. The van der Waals surface area contributed by atoms with Gasteiger partial charge in [-0.2, -0.15) is 4.31 Å². The highest BCUT2D eigenvalue weighted by Crippen LogP contribution is 2.33. The van der Waals surface area contributed by atoms with E-state index in [1.54, 1.807) is 6.07 Å². The van der Waals surface area contributed by atoms with Gasteiger partial charge in [-0.05, 0) is 18.1 Å². The molecule has 0 bridgehead atoms. The molecule has 2 rings (SSSR count). The minimum Gasteiger partial charge on any atom is -0.388 e. The number of sulfonamides is 1. The quantitative estimate of drug-likeness (QED) is 0.820. The zero-order chi connectivity index (χ0) is 13.3. The van der Waals surface area contributed by atoms with Crippen molar-refractivity contribution in [1.29, 1.82) is 0 Å². The van der Waals surface area contributed by atoms with E-state index in [4.69, 9.17) is 5.11 Å². The maximum atomic E-state index is 11.9. The third-order valence-corrected chi connectivity index (χ3v) is 6.01. The molecule has 1 aliphatic rings. The second-order valence-corrected chi connectivity index (χ2v) is 7.45. The number of carbonyl (C=O) groups excluding carboxylic acids is 1. The molecule has 0 saturated heterocycles. The zero-order valence-electron chi connectivity index (χ0n) is 10.0. The molecule has 0 saturated carbocycles. The van der Waals surface area contributed by atoms with Gasteiger partial charge in [-0.3, -0.25) is 4.79 Å². The molecular weight excluding hydrogens is 274 g/mol. The highest BCUT2D eigenvalue weighted by atomic mass is 32.2. The molecule has 7 heteroatoms. The van der Waals surface area contributed by atoms with E-state index < -0.39 is 16.6 Å². The molecule has 0 fully saturated rings. The normalized spacial score (nSPS) is 15.9. The Balaban J connectivity index is 2.16. The van der Waals surface area contributed by atoms with Crippen LogP contribution < -0.4 is 0 Å². The summed E-state index contributed by atoms with van der Waals surface area (Å²) in [5, 5.41) is 8.78. The SMILES string of the molecule is CCCS(=O)(=O)N1Cc2cc(C(=O)CO)sc2C1. The average Bonchev–Trinajstić information content (AvgIpc) is 2.85. The Kier molecular flexibility index (Phi) is 3.86. The number of Topliss-reactive ketones (excluding diaryl/α,β-unsaturated/α-hetero) is 1. The van der Waals surface area contributed by atoms with E-state index in [-0.39, 0.29) is 11.5 Å². The largest absolute Gasteiger partial charge is 0.388 e. The van der Waals surface area contributed by atoms with Crippen LogP contribution in [0.5, 0.6) is 0 Å². The molecule has 0 unspecified atom stereocenters. The van der Waals surface area contributed by atoms with E-state index in [1.165, 1.54) is 15.6 Å². The first kappa shape index (κ1) is 13.7. The van der Waals surface area contributed by atoms with Crippen LogP contribution in [0.25, 0.3) is 0 Å². The van der Waals surface area contributed by atoms with Crippen LogP contribution in [-0.2, 0) is 23.1 Å². The van der Waals surface area contributed by atoms with Crippen LogP contribution in [-0.4, -0.2) is 36.0 Å². The summed E-state index contributed by atoms with van der Waals surface area (Å²) in [6.07, 6.45) is 0.598. The first-order valence-corrected chi connectivity index (χ1v) is 8.14. The summed E-state index contributed by atoms with van der Waals surface area (Å²) in [5.74, 6) is -0.151. The Bertz CT molecular complexity index is 538. The van der Waals surface area contributed by atoms with Gasteiger partial charge in [0.2, 0.25) is 10.0 Å². The fourth-order valence-corrected chi connectivity index (χ4v) is 4.58. The Morgan fingerprint density at radius 3 is 2.78 bits per heavy atom. The molecule has 0 amide bonds. The predicted molar refractivity (Wildman–Crippen MR) is 69.1 cm³/mol. The maximum absolute atomic E-state index is 11.9. The molecule has 18 heavy (non-hydrogen) atoms. The Hall–Kier alpha value is -0.760. The number of hydrogen-bond acceptors (Lipinski definition) is 5. The monoisotopic (exact) mass is 289 g/mol. The van der Waals surface area contributed by atoms with Crippen LogP contribution in [0.3, 0.4) is 0 Å². The molecule has 0 aromatic carbocycles. The van der Waals surface area contributed by atoms with Gasteiger partial charge in [-0.15, -0.1) is 11.3 Å². The number of aliphatic hydroxyl groups excluding tert-OH is 1. The molecule has 2 heterocycles. The fraction of sp³-hybridized carbons (Fsp3) is 0.545. The highest BCUT2D eigenvalue weighted by Gasteiger charge is 2.30. The van der Waals surface area contributed by atoms with Crippen molar-refractivity contribution in [3.63, 3.8) is 0 Å². The molecule has 100 valence electrons. The van der Waals surface area contributed by atoms with E-state index in [0.29, 0.717) is 24.4 Å². The van der Waals surface area contributed by atoms with Crippen molar-refractivity contribution >= 4 is 27.1 Å². The molecular formula is C11H15NO4S2. The Labute approximate surface area is 110 Å². The van der Waals surface area contributed by atoms with Crippen molar-refractivity contribution in [2.45, 2.75) is 26.4 Å². The van der Waals surface area contributed by atoms with Gasteiger partial charge in [0.1, 0.15) is 6.61 Å². The average molecular weight is 289 g/mol. The van der Waals surface area contributed by atoms with Crippen LogP contribution in [0.2, 0.25) is 0 Å². The van der Waals surface area contributed by atoms with Gasteiger partial charge in [0.05, 0.1) is 10.6 Å². The standard InChI is InChI=1S/C11H15NO4S2/c1-2-3-18(15,16)12-5-8-4-10(9(14)7-13)17-11(8)6-12/h4,13H,2-3,5-7H2,1H3. The second-order valence-electron chi connectivity index (χ2n) is 4.22. The van der Waals surface area contributed by atoms with Crippen molar-refractivity contribution in [3.8, 4) is 0 Å². The van der Waals surface area contributed by atoms with Gasteiger partial charge in [0, 0.05) is 18.0 Å². The number of fused-ring (bicyclic) bond motifs is 1. The number of rotatable bonds is 5. The van der Waals surface area contributed by atoms with Gasteiger partial charge in [-0.25, -0.2) is 8.42 Å². The highest BCUT2D eigenvalue weighted by molar-refractivity contribution is 7.89. The third kappa shape index (κ3) is 2.49. The number of aliphatic hydroxyl groups is 1. The van der Waals surface area contributed by atoms with E-state index in [9.17, 15) is 13.2 Å². The van der Waals surface area contributed by atoms with Crippen LogP contribution in [0.1, 0.15) is 33.5 Å². The fourth-order valence-electron chi connectivity index (χ4n) is 1.94. The Morgan fingerprint density at radius 1 is 1.50 bits per heavy atom. The number of thiophene rings is 1. The van der Waals surface area contributed by atoms with Crippen molar-refractivity contribution in [2.75, 3.05) is 12.4 Å². The molecule has 1 aliphatic heterocycles. The van der Waals surface area contributed by atoms with Crippen LogP contribution in [0.4, 0.5) is 0 Å². The summed E-state index contributed by atoms with van der Waals surface area (Å²) < 4.78 is 25.2. The number of nitrogens with zero attached hydrogens (tertiary/aromatic N) is 1. The molecule has 5 nitrogen and oxygen atoms in total. The third-order valence-electron chi connectivity index (χ3n) is 2.84. The zero-order valence-corrected chi connectivity index (χ0v) is 11.7. The van der Waals surface area contributed by atoms with Crippen molar-refractivity contribution in [1.82, 2.24) is 4.31 Å². The van der Waals surface area contributed by atoms with Crippen LogP contribution in [0, 0.1) is 0 Å². The van der Waals surface area contributed by atoms with Crippen molar-refractivity contribution in [3.05, 3.63) is 21.4 Å². The topological polar surface area (TPSA) is 74.7 Å². The first-order valence-electron chi connectivity index (χ1n) is 5.71. The summed E-state index contributed by atoms with van der Waals surface area (Å²) in [5.41, 5.74) is 0.886. The molecule has 1 N–H and O–H groups in total. The molecule has 0 spiro atoms. The van der Waals surface area contributed by atoms with Crippen molar-refractivity contribution < 1.29 is 18.3 Å². The lowest BCUT2D eigenvalue weighted by molar-refractivity contribution is 0.0908. The van der Waals surface area contributed by atoms with Crippen LogP contribution in [0.15, 0.2) is 6.07 Å². The Morgan fingerprint density at radius 2 is 2.22 bits per heavy atom. The lowest BCUT2D eigenvalue weighted by Gasteiger charge is -2.14. The lowest BCUT2D eigenvalue weighted by atomic mass is 10.2. The molecule has 0 aliphatic carbocycles. The maximum Gasteiger partial charge on any atom is 0.214 e. The van der Waals surface area contributed by atoms with Crippen LogP contribution >= 0.6 is 11.3 Å². The van der Waals surface area contributed by atoms with Gasteiger partial charge >= 0.3 is 0 Å². The van der Waals surface area contributed by atoms with E-state index in [1.807, 2.05) is 6.92 Å². The molecule has 0 radical (unpaired) electrons. The van der Waals surface area contributed by atoms with E-state index in [0.717, 1.165) is 10.4 Å². The van der Waals surface area contributed by atoms with Gasteiger partial charge < -0.3 is 5.11 Å². The number of carbonyl (C=O) groups is 1. The first-order chi connectivity index (χ1) is 8.47. The molecule has 1 aromatic heterocycles. The summed E-state index contributed by atoms with van der Waals surface area (Å²) in [4.78, 5) is 12.7. The van der Waals surface area contributed by atoms with Gasteiger partial charge in [0.15, 0.2) is 5.78 Å². The minimum atomic E-state index is -3.18. The summed E-state index contributed by atoms with van der Waals surface area (Å²) in [7, 11) is -3.18. The lowest BCUT2D eigenvalue weighted by Crippen LogP contribution is -2.27. The molecule has 0 atom stereocenters. The van der Waals surface area contributed by atoms with Crippen molar-refractivity contribution in [2.24, 2.45) is 0 Å². The summed E-state index contributed by atoms with van der Waals surface area (Å²) >= 11 is 1.28. The molecule has 1 aromatic rings. The predicted octanol–water partition coefficient (Wildman–Crippen LogP) is 0.978. The number of hydrogen-bond donors (Lipinski definition) is 1. The second kappa shape index (κ2) is 5.08. The minimum absolute atomic E-state index is 0.157. The van der Waals surface area contributed by atoms with Gasteiger partial charge in [-0.1, -0.05) is 6.92 Å². The number of ketones is 1.